The molecule has 0 bridgehead atoms. The molecular weight excluding hydrogens is 511 g/mol. The summed E-state index contributed by atoms with van der Waals surface area (Å²) in [5.41, 5.74) is 3.32. The molecule has 0 unspecified atom stereocenters. The Morgan fingerprint density at radius 1 is 1.32 bits per heavy atom. The standard InChI is InChI=1S/C20H20ClIN2O3S/c1-3-9-27-20-17(22)10-14(11-18(20)26-4-2)12-23-24-19(25)13-28-16-7-5-15(21)6-8-16/h3,5-8,10-12H,1,4,9,13H2,2H3,(H,24,25)/b23-12-. The van der Waals surface area contributed by atoms with Crippen LogP contribution in [0.15, 0.2) is 59.1 Å². The van der Waals surface area contributed by atoms with Crippen LogP contribution in [0.25, 0.3) is 0 Å². The van der Waals surface area contributed by atoms with E-state index in [-0.39, 0.29) is 11.7 Å². The highest BCUT2D eigenvalue weighted by molar-refractivity contribution is 14.1. The first-order valence-electron chi connectivity index (χ1n) is 8.43. The third-order valence-corrected chi connectivity index (χ3v) is 5.33. The lowest BCUT2D eigenvalue weighted by molar-refractivity contribution is -0.118. The van der Waals surface area contributed by atoms with E-state index in [9.17, 15) is 4.79 Å². The van der Waals surface area contributed by atoms with E-state index < -0.39 is 0 Å². The van der Waals surface area contributed by atoms with Gasteiger partial charge in [-0.15, -0.1) is 11.8 Å². The van der Waals surface area contributed by atoms with Crippen molar-refractivity contribution in [2.45, 2.75) is 11.8 Å². The number of nitrogens with one attached hydrogen (secondary N) is 1. The van der Waals surface area contributed by atoms with E-state index in [0.717, 1.165) is 14.0 Å². The normalized spacial score (nSPS) is 10.7. The number of rotatable bonds is 10. The van der Waals surface area contributed by atoms with Gasteiger partial charge in [0, 0.05) is 9.92 Å². The van der Waals surface area contributed by atoms with E-state index in [4.69, 9.17) is 21.1 Å². The van der Waals surface area contributed by atoms with Crippen LogP contribution in [0.2, 0.25) is 5.02 Å². The number of nitrogens with zero attached hydrogens (tertiary/aromatic N) is 1. The maximum atomic E-state index is 12.0. The van der Waals surface area contributed by atoms with Crippen molar-refractivity contribution in [3.8, 4) is 11.5 Å². The van der Waals surface area contributed by atoms with Crippen LogP contribution in [0.3, 0.4) is 0 Å². The van der Waals surface area contributed by atoms with Gasteiger partial charge in [0.1, 0.15) is 6.61 Å². The number of halogens is 2. The molecule has 0 atom stereocenters. The summed E-state index contributed by atoms with van der Waals surface area (Å²) in [6, 6.07) is 11.1. The molecule has 0 spiro atoms. The molecule has 0 radical (unpaired) electrons. The second-order valence-electron chi connectivity index (χ2n) is 5.40. The Morgan fingerprint density at radius 3 is 2.75 bits per heavy atom. The Bertz CT molecular complexity index is 844. The summed E-state index contributed by atoms with van der Waals surface area (Å²) < 4.78 is 12.2. The van der Waals surface area contributed by atoms with Crippen LogP contribution in [0, 0.1) is 3.57 Å². The minimum atomic E-state index is -0.193. The Balaban J connectivity index is 1.95. The van der Waals surface area contributed by atoms with Crippen LogP contribution < -0.4 is 14.9 Å². The Hall–Kier alpha value is -1.71. The van der Waals surface area contributed by atoms with Crippen molar-refractivity contribution in [3.05, 3.63) is 63.2 Å². The average Bonchev–Trinajstić information content (AvgIpc) is 2.67. The van der Waals surface area contributed by atoms with E-state index in [1.165, 1.54) is 11.8 Å². The summed E-state index contributed by atoms with van der Waals surface area (Å²) in [5, 5.41) is 4.69. The summed E-state index contributed by atoms with van der Waals surface area (Å²) in [6.45, 7) is 6.47. The lowest BCUT2D eigenvalue weighted by atomic mass is 10.2. The van der Waals surface area contributed by atoms with Gasteiger partial charge >= 0.3 is 0 Å². The van der Waals surface area contributed by atoms with Gasteiger partial charge in [0.05, 0.1) is 22.1 Å². The number of carbonyl (C=O) groups excluding carboxylic acids is 1. The molecule has 0 heterocycles. The molecule has 0 saturated carbocycles. The van der Waals surface area contributed by atoms with Crippen LogP contribution >= 0.6 is 46.0 Å². The van der Waals surface area contributed by atoms with Gasteiger partial charge in [-0.3, -0.25) is 4.79 Å². The first-order chi connectivity index (χ1) is 13.5. The minimum absolute atomic E-state index is 0.193. The number of thioether (sulfide) groups is 1. The van der Waals surface area contributed by atoms with E-state index in [1.807, 2.05) is 31.2 Å². The second kappa shape index (κ2) is 12.0. The van der Waals surface area contributed by atoms with Crippen molar-refractivity contribution >= 4 is 58.1 Å². The number of ether oxygens (including phenoxy) is 2. The zero-order chi connectivity index (χ0) is 20.4. The molecule has 0 saturated heterocycles. The topological polar surface area (TPSA) is 59.9 Å². The third-order valence-electron chi connectivity index (χ3n) is 3.26. The molecule has 2 aromatic carbocycles. The maximum Gasteiger partial charge on any atom is 0.250 e. The van der Waals surface area contributed by atoms with Crippen LogP contribution in [0.4, 0.5) is 0 Å². The highest BCUT2D eigenvalue weighted by atomic mass is 127. The van der Waals surface area contributed by atoms with E-state index in [1.54, 1.807) is 24.4 Å². The molecule has 28 heavy (non-hydrogen) atoms. The van der Waals surface area contributed by atoms with Gasteiger partial charge in [0.25, 0.3) is 0 Å². The minimum Gasteiger partial charge on any atom is -0.490 e. The molecule has 2 rings (SSSR count). The molecule has 148 valence electrons. The predicted molar refractivity (Wildman–Crippen MR) is 124 cm³/mol. The monoisotopic (exact) mass is 530 g/mol. The molecule has 0 aliphatic carbocycles. The Morgan fingerprint density at radius 2 is 2.07 bits per heavy atom. The number of hydrogen-bond donors (Lipinski definition) is 1. The highest BCUT2D eigenvalue weighted by Crippen LogP contribution is 2.34. The summed E-state index contributed by atoms with van der Waals surface area (Å²) in [5.74, 6) is 1.36. The number of carbonyl (C=O) groups is 1. The predicted octanol–water partition coefficient (Wildman–Crippen LogP) is 5.15. The maximum absolute atomic E-state index is 12.0. The zero-order valence-electron chi connectivity index (χ0n) is 15.3. The van der Waals surface area contributed by atoms with Crippen molar-refractivity contribution in [3.63, 3.8) is 0 Å². The molecule has 0 aliphatic heterocycles. The van der Waals surface area contributed by atoms with Crippen molar-refractivity contribution in [1.29, 1.82) is 0 Å². The largest absolute Gasteiger partial charge is 0.490 e. The van der Waals surface area contributed by atoms with Crippen molar-refractivity contribution in [1.82, 2.24) is 5.43 Å². The smallest absolute Gasteiger partial charge is 0.250 e. The fraction of sp³-hybridized carbons (Fsp3) is 0.200. The SMILES string of the molecule is C=CCOc1c(I)cc(/C=N\NC(=O)CSc2ccc(Cl)cc2)cc1OCC. The summed E-state index contributed by atoms with van der Waals surface area (Å²) in [4.78, 5) is 12.9. The fourth-order valence-electron chi connectivity index (χ4n) is 2.10. The summed E-state index contributed by atoms with van der Waals surface area (Å²) >= 11 is 9.44. The molecule has 0 aliphatic rings. The van der Waals surface area contributed by atoms with Crippen molar-refractivity contribution in [2.75, 3.05) is 19.0 Å². The number of hydrogen-bond acceptors (Lipinski definition) is 5. The molecular formula is C20H20ClIN2O3S. The zero-order valence-corrected chi connectivity index (χ0v) is 19.0. The molecule has 8 heteroatoms. The van der Waals surface area contributed by atoms with E-state index in [0.29, 0.717) is 29.7 Å². The number of hydrazone groups is 1. The molecule has 1 N–H and O–H groups in total. The lowest BCUT2D eigenvalue weighted by Gasteiger charge is -2.13. The van der Waals surface area contributed by atoms with Gasteiger partial charge in [-0.05, 0) is 71.5 Å². The van der Waals surface area contributed by atoms with Gasteiger partial charge in [0.15, 0.2) is 11.5 Å². The third kappa shape index (κ3) is 7.37. The van der Waals surface area contributed by atoms with Gasteiger partial charge < -0.3 is 9.47 Å². The van der Waals surface area contributed by atoms with Gasteiger partial charge in [-0.2, -0.15) is 5.10 Å². The van der Waals surface area contributed by atoms with Crippen LogP contribution in [-0.2, 0) is 4.79 Å². The summed E-state index contributed by atoms with van der Waals surface area (Å²) in [7, 11) is 0. The molecule has 1 amide bonds. The molecule has 5 nitrogen and oxygen atoms in total. The van der Waals surface area contributed by atoms with E-state index >= 15 is 0 Å². The van der Waals surface area contributed by atoms with Gasteiger partial charge in [-0.1, -0.05) is 24.3 Å². The molecule has 2 aromatic rings. The first kappa shape index (κ1) is 22.6. The average molecular weight is 531 g/mol. The first-order valence-corrected chi connectivity index (χ1v) is 10.9. The molecule has 0 fully saturated rings. The van der Waals surface area contributed by atoms with Gasteiger partial charge in [-0.25, -0.2) is 5.43 Å². The number of benzene rings is 2. The quantitative estimate of drug-likeness (QED) is 0.152. The fourth-order valence-corrected chi connectivity index (χ4v) is 3.70. The van der Waals surface area contributed by atoms with E-state index in [2.05, 4.69) is 39.7 Å². The van der Waals surface area contributed by atoms with Crippen LogP contribution in [-0.4, -0.2) is 31.1 Å². The van der Waals surface area contributed by atoms with Gasteiger partial charge in [0.2, 0.25) is 5.91 Å². The Labute approximate surface area is 187 Å². The van der Waals surface area contributed by atoms with Crippen LogP contribution in [0.5, 0.6) is 11.5 Å². The van der Waals surface area contributed by atoms with Crippen LogP contribution in [0.1, 0.15) is 12.5 Å². The van der Waals surface area contributed by atoms with Crippen molar-refractivity contribution in [2.24, 2.45) is 5.10 Å². The number of amides is 1. The second-order valence-corrected chi connectivity index (χ2v) is 8.05. The lowest BCUT2D eigenvalue weighted by Crippen LogP contribution is -2.19. The molecule has 0 aromatic heterocycles. The summed E-state index contributed by atoms with van der Waals surface area (Å²) in [6.07, 6.45) is 3.26. The highest BCUT2D eigenvalue weighted by Gasteiger charge is 2.11. The Kier molecular flexibility index (Phi) is 9.66. The van der Waals surface area contributed by atoms with Crippen molar-refractivity contribution < 1.29 is 14.3 Å².